The molecule has 0 saturated carbocycles. The van der Waals surface area contributed by atoms with Crippen molar-refractivity contribution in [3.63, 3.8) is 0 Å². The minimum atomic E-state index is -0.386. The van der Waals surface area contributed by atoms with Crippen molar-refractivity contribution < 1.29 is 37.3 Å². The number of allylic oxidation sites excluding steroid dienone is 6. The van der Waals surface area contributed by atoms with E-state index >= 15 is 0 Å². The molecule has 50 heavy (non-hydrogen) atoms. The molecular formula is C42H29F2O6+. The fourth-order valence-corrected chi connectivity index (χ4v) is 5.73. The molecule has 0 radical (unpaired) electrons. The van der Waals surface area contributed by atoms with Gasteiger partial charge in [-0.2, -0.15) is 0 Å². The molecule has 0 unspecified atom stereocenters. The first-order chi connectivity index (χ1) is 24.3. The molecule has 0 spiro atoms. The van der Waals surface area contributed by atoms with E-state index in [9.17, 15) is 18.7 Å². The van der Waals surface area contributed by atoms with Gasteiger partial charge in [-0.25, -0.2) is 13.2 Å². The van der Waals surface area contributed by atoms with Crippen LogP contribution in [0.3, 0.4) is 0 Å². The summed E-state index contributed by atoms with van der Waals surface area (Å²) in [7, 11) is 3.12. The number of Topliss-reactive ketones (excluding diaryl/α,β-unsaturated/α-hetero) is 1. The summed E-state index contributed by atoms with van der Waals surface area (Å²) in [6.45, 7) is 0. The summed E-state index contributed by atoms with van der Waals surface area (Å²) >= 11 is 0. The lowest BCUT2D eigenvalue weighted by molar-refractivity contribution is -0.113. The number of carbonyl (C=O) groups excluding carboxylic acids is 1. The number of aliphatic hydroxyl groups is 1. The van der Waals surface area contributed by atoms with Gasteiger partial charge in [-0.15, -0.1) is 0 Å². The van der Waals surface area contributed by atoms with Crippen LogP contribution in [0.15, 0.2) is 154 Å². The molecule has 4 aromatic carbocycles. The van der Waals surface area contributed by atoms with E-state index in [2.05, 4.69) is 0 Å². The third kappa shape index (κ3) is 6.34. The Morgan fingerprint density at radius 2 is 1.24 bits per heavy atom. The van der Waals surface area contributed by atoms with E-state index in [1.54, 1.807) is 87.1 Å². The zero-order chi connectivity index (χ0) is 34.8. The highest BCUT2D eigenvalue weighted by molar-refractivity contribution is 6.23. The van der Waals surface area contributed by atoms with E-state index < -0.39 is 0 Å². The van der Waals surface area contributed by atoms with E-state index in [-0.39, 0.29) is 34.3 Å². The second-order valence-corrected chi connectivity index (χ2v) is 11.4. The second-order valence-electron chi connectivity index (χ2n) is 11.4. The molecule has 2 heterocycles. The highest BCUT2D eigenvalue weighted by Crippen LogP contribution is 2.40. The van der Waals surface area contributed by atoms with Crippen molar-refractivity contribution in [2.45, 2.75) is 0 Å². The SMILES string of the molecule is COc1ccccc1C1=CC(=CC2=C(O)C(=Cc3cc(-c4ccc(F)cc4)[o+]c(-c4ccccc4OC)c3)C2=O)C=C(c2ccc(F)cc2)O1. The number of hydrogen-bond acceptors (Lipinski definition) is 5. The van der Waals surface area contributed by atoms with Gasteiger partial charge in [0.25, 0.3) is 0 Å². The Bertz CT molecular complexity index is 2290. The maximum Gasteiger partial charge on any atom is 0.365 e. The van der Waals surface area contributed by atoms with Crippen molar-refractivity contribution in [1.29, 1.82) is 0 Å². The molecule has 8 heteroatoms. The molecule has 246 valence electrons. The third-order valence-electron chi connectivity index (χ3n) is 8.25. The number of ether oxygens (including phenoxy) is 3. The molecule has 1 aromatic heterocycles. The molecule has 7 rings (SSSR count). The Balaban J connectivity index is 1.30. The zero-order valence-corrected chi connectivity index (χ0v) is 26.9. The van der Waals surface area contributed by atoms with Gasteiger partial charge in [-0.3, -0.25) is 4.79 Å². The predicted molar refractivity (Wildman–Crippen MR) is 188 cm³/mol. The summed E-state index contributed by atoms with van der Waals surface area (Å²) in [5.74, 6) is 1.58. The van der Waals surface area contributed by atoms with Crippen LogP contribution in [0, 0.1) is 11.6 Å². The average molecular weight is 668 g/mol. The molecule has 0 fully saturated rings. The number of ketones is 1. The minimum Gasteiger partial charge on any atom is -0.506 e. The van der Waals surface area contributed by atoms with Crippen molar-refractivity contribution in [3.05, 3.63) is 178 Å². The van der Waals surface area contributed by atoms with Crippen molar-refractivity contribution >= 4 is 23.4 Å². The number of benzene rings is 4. The summed E-state index contributed by atoms with van der Waals surface area (Å²) in [6.07, 6.45) is 6.63. The number of hydrogen-bond donors (Lipinski definition) is 1. The summed E-state index contributed by atoms with van der Waals surface area (Å²) in [5, 5.41) is 11.2. The second kappa shape index (κ2) is 13.5. The Morgan fingerprint density at radius 3 is 1.88 bits per heavy atom. The minimum absolute atomic E-state index is 0.114. The van der Waals surface area contributed by atoms with Gasteiger partial charge in [0.2, 0.25) is 5.78 Å². The van der Waals surface area contributed by atoms with Crippen LogP contribution in [0.1, 0.15) is 16.7 Å². The number of rotatable bonds is 8. The highest BCUT2D eigenvalue weighted by atomic mass is 19.1. The van der Waals surface area contributed by atoms with Crippen molar-refractivity contribution in [2.24, 2.45) is 0 Å². The van der Waals surface area contributed by atoms with Gasteiger partial charge in [0.1, 0.15) is 46.0 Å². The number of methoxy groups -OCH3 is 2. The van der Waals surface area contributed by atoms with Crippen LogP contribution >= 0.6 is 0 Å². The fraction of sp³-hybridized carbons (Fsp3) is 0.0476. The maximum atomic E-state index is 13.7. The molecule has 5 aromatic rings. The lowest BCUT2D eigenvalue weighted by atomic mass is 9.85. The van der Waals surface area contributed by atoms with Gasteiger partial charge in [0, 0.05) is 5.56 Å². The largest absolute Gasteiger partial charge is 0.506 e. The number of carbonyl (C=O) groups is 1. The fourth-order valence-electron chi connectivity index (χ4n) is 5.73. The topological polar surface area (TPSA) is 76.3 Å². The number of para-hydroxylation sites is 2. The molecule has 0 saturated heterocycles. The predicted octanol–water partition coefficient (Wildman–Crippen LogP) is 10.0. The normalized spacial score (nSPS) is 15.7. The van der Waals surface area contributed by atoms with Crippen LogP contribution in [0.25, 0.3) is 40.2 Å². The van der Waals surface area contributed by atoms with Crippen LogP contribution in [0.4, 0.5) is 8.78 Å². The van der Waals surface area contributed by atoms with Gasteiger partial charge in [0.05, 0.1) is 48.6 Å². The van der Waals surface area contributed by atoms with Crippen molar-refractivity contribution in [3.8, 4) is 34.1 Å². The summed E-state index contributed by atoms with van der Waals surface area (Å²) < 4.78 is 51.1. The molecule has 0 atom stereocenters. The van der Waals surface area contributed by atoms with E-state index in [4.69, 9.17) is 18.6 Å². The van der Waals surface area contributed by atoms with Crippen molar-refractivity contribution in [1.82, 2.24) is 0 Å². The van der Waals surface area contributed by atoms with Gasteiger partial charge in [-0.1, -0.05) is 24.3 Å². The Morgan fingerprint density at radius 1 is 0.680 bits per heavy atom. The average Bonchev–Trinajstić information content (AvgIpc) is 3.16. The van der Waals surface area contributed by atoms with Crippen LogP contribution in [0.5, 0.6) is 11.5 Å². The van der Waals surface area contributed by atoms with E-state index in [0.717, 1.165) is 0 Å². The van der Waals surface area contributed by atoms with Gasteiger partial charge < -0.3 is 19.3 Å². The molecule has 0 amide bonds. The Labute approximate surface area is 286 Å². The van der Waals surface area contributed by atoms with E-state index in [1.165, 1.54) is 24.3 Å². The standard InChI is InChI=1S/C42H28F2O6/c1-47-35-9-5-3-7-31(35)39-23-25(21-37(49-39)27-11-15-29(43)16-12-27)19-33-41(45)34(42(33)46)20-26-22-38(28-13-17-30(44)18-14-28)50-40(24-26)32-8-4-6-10-36(32)48-2/h3-24H,1-2H3/p+1. The number of halogens is 2. The zero-order valence-electron chi connectivity index (χ0n) is 26.9. The third-order valence-corrected chi connectivity index (χ3v) is 8.25. The van der Waals surface area contributed by atoms with Crippen LogP contribution in [-0.2, 0) is 9.53 Å². The first kappa shape index (κ1) is 32.0. The number of aliphatic hydroxyl groups excluding tert-OH is 1. The first-order valence-electron chi connectivity index (χ1n) is 15.6. The van der Waals surface area contributed by atoms with Crippen LogP contribution in [0.2, 0.25) is 0 Å². The molecule has 6 nitrogen and oxygen atoms in total. The molecular weight excluding hydrogens is 638 g/mol. The maximum absolute atomic E-state index is 13.7. The van der Waals surface area contributed by atoms with E-state index in [1.807, 2.05) is 36.4 Å². The molecule has 1 N–H and O–H groups in total. The lowest BCUT2D eigenvalue weighted by Crippen LogP contribution is -2.21. The Kier molecular flexibility index (Phi) is 8.66. The monoisotopic (exact) mass is 667 g/mol. The smallest absolute Gasteiger partial charge is 0.365 e. The summed E-state index contributed by atoms with van der Waals surface area (Å²) in [6, 6.07) is 29.9. The molecule has 2 aliphatic rings. The van der Waals surface area contributed by atoms with Gasteiger partial charge >= 0.3 is 11.5 Å². The molecule has 1 aliphatic heterocycles. The van der Waals surface area contributed by atoms with Crippen LogP contribution < -0.4 is 9.47 Å². The van der Waals surface area contributed by atoms with Gasteiger partial charge in [0.15, 0.2) is 0 Å². The quantitative estimate of drug-likeness (QED) is 0.131. The Hall–Kier alpha value is -6.54. The van der Waals surface area contributed by atoms with Crippen molar-refractivity contribution in [2.75, 3.05) is 14.2 Å². The summed E-state index contributed by atoms with van der Waals surface area (Å²) in [4.78, 5) is 13.6. The molecule has 1 aliphatic carbocycles. The highest BCUT2D eigenvalue weighted by Gasteiger charge is 2.33. The first-order valence-corrected chi connectivity index (χ1v) is 15.6. The van der Waals surface area contributed by atoms with Crippen LogP contribution in [-0.4, -0.2) is 25.1 Å². The molecule has 0 bridgehead atoms. The van der Waals surface area contributed by atoms with Gasteiger partial charge in [-0.05, 0) is 108 Å². The summed E-state index contributed by atoms with van der Waals surface area (Å²) in [5.41, 5.74) is 3.95. The lowest BCUT2D eigenvalue weighted by Gasteiger charge is -2.22. The van der Waals surface area contributed by atoms with E-state index in [0.29, 0.717) is 67.9 Å².